The van der Waals surface area contributed by atoms with E-state index in [0.29, 0.717) is 13.0 Å². The molecular weight excluding hydrogens is 212 g/mol. The molecule has 1 unspecified atom stereocenters. The van der Waals surface area contributed by atoms with E-state index in [-0.39, 0.29) is 11.9 Å². The molecule has 0 rings (SSSR count). The summed E-state index contributed by atoms with van der Waals surface area (Å²) in [5.74, 6) is 0.199. The predicted octanol–water partition coefficient (Wildman–Crippen LogP) is 2.98. The molecule has 0 aliphatic rings. The molecule has 0 aromatic heterocycles. The van der Waals surface area contributed by atoms with Gasteiger partial charge >= 0.3 is 0 Å². The van der Waals surface area contributed by atoms with E-state index in [9.17, 15) is 4.79 Å². The molecule has 0 saturated carbocycles. The Morgan fingerprint density at radius 3 is 2.41 bits per heavy atom. The first-order chi connectivity index (χ1) is 8.20. The van der Waals surface area contributed by atoms with E-state index >= 15 is 0 Å². The van der Waals surface area contributed by atoms with Gasteiger partial charge in [-0.05, 0) is 32.7 Å². The van der Waals surface area contributed by atoms with E-state index in [0.717, 1.165) is 19.3 Å². The number of rotatable bonds is 11. The average Bonchev–Trinajstić information content (AvgIpc) is 2.31. The normalized spacial score (nSPS) is 12.4. The van der Waals surface area contributed by atoms with Gasteiger partial charge < -0.3 is 11.1 Å². The molecule has 1 atom stereocenters. The predicted molar refractivity (Wildman–Crippen MR) is 73.9 cm³/mol. The zero-order valence-corrected chi connectivity index (χ0v) is 11.6. The second-order valence-electron chi connectivity index (χ2n) is 4.92. The Balaban J connectivity index is 3.33. The molecule has 17 heavy (non-hydrogen) atoms. The van der Waals surface area contributed by atoms with Gasteiger partial charge in [0.2, 0.25) is 5.91 Å². The van der Waals surface area contributed by atoms with Gasteiger partial charge in [-0.3, -0.25) is 4.79 Å². The Morgan fingerprint density at radius 1 is 1.12 bits per heavy atom. The summed E-state index contributed by atoms with van der Waals surface area (Å²) in [6, 6.07) is 0.270. The van der Waals surface area contributed by atoms with Crippen molar-refractivity contribution in [2.45, 2.75) is 77.7 Å². The number of hydrogen-bond acceptors (Lipinski definition) is 2. The van der Waals surface area contributed by atoms with Gasteiger partial charge in [-0.1, -0.05) is 39.0 Å². The smallest absolute Gasteiger partial charge is 0.220 e. The maximum atomic E-state index is 11.6. The highest BCUT2D eigenvalue weighted by Crippen LogP contribution is 2.07. The van der Waals surface area contributed by atoms with Gasteiger partial charge in [0.1, 0.15) is 0 Å². The van der Waals surface area contributed by atoms with Crippen molar-refractivity contribution in [1.82, 2.24) is 5.32 Å². The standard InChI is InChI=1S/C14H30N2O/c1-3-4-5-6-7-8-11-14(17)16-13(2)10-9-12-15/h13H,3-12,15H2,1-2H3,(H,16,17). The molecule has 0 saturated heterocycles. The van der Waals surface area contributed by atoms with Crippen molar-refractivity contribution < 1.29 is 4.79 Å². The molecule has 0 fully saturated rings. The monoisotopic (exact) mass is 242 g/mol. The second-order valence-corrected chi connectivity index (χ2v) is 4.92. The van der Waals surface area contributed by atoms with Crippen LogP contribution < -0.4 is 11.1 Å². The Bertz CT molecular complexity index is 183. The zero-order valence-electron chi connectivity index (χ0n) is 11.6. The van der Waals surface area contributed by atoms with Crippen LogP contribution in [0.15, 0.2) is 0 Å². The molecule has 3 nitrogen and oxygen atoms in total. The van der Waals surface area contributed by atoms with Crippen molar-refractivity contribution in [2.75, 3.05) is 6.54 Å². The summed E-state index contributed by atoms with van der Waals surface area (Å²) in [4.78, 5) is 11.6. The molecule has 0 bridgehead atoms. The van der Waals surface area contributed by atoms with Crippen LogP contribution in [0.4, 0.5) is 0 Å². The van der Waals surface area contributed by atoms with Crippen molar-refractivity contribution in [3.8, 4) is 0 Å². The average molecular weight is 242 g/mol. The van der Waals surface area contributed by atoms with Crippen LogP contribution in [-0.2, 0) is 4.79 Å². The molecule has 0 spiro atoms. The fourth-order valence-corrected chi connectivity index (χ4v) is 1.91. The molecule has 0 radical (unpaired) electrons. The molecule has 0 aliphatic heterocycles. The number of amides is 1. The lowest BCUT2D eigenvalue weighted by Crippen LogP contribution is -2.32. The third-order valence-corrected chi connectivity index (χ3v) is 3.01. The number of hydrogen-bond donors (Lipinski definition) is 2. The molecule has 3 heteroatoms. The Kier molecular flexibility index (Phi) is 11.5. The van der Waals surface area contributed by atoms with Gasteiger partial charge in [-0.15, -0.1) is 0 Å². The van der Waals surface area contributed by atoms with Crippen LogP contribution in [0.1, 0.15) is 71.6 Å². The molecule has 0 aromatic rings. The van der Waals surface area contributed by atoms with Crippen molar-refractivity contribution >= 4 is 5.91 Å². The van der Waals surface area contributed by atoms with Crippen molar-refractivity contribution in [1.29, 1.82) is 0 Å². The lowest BCUT2D eigenvalue weighted by atomic mass is 10.1. The second kappa shape index (κ2) is 11.9. The van der Waals surface area contributed by atoms with Crippen LogP contribution in [0.5, 0.6) is 0 Å². The third kappa shape index (κ3) is 11.7. The van der Waals surface area contributed by atoms with Crippen LogP contribution in [0.25, 0.3) is 0 Å². The van der Waals surface area contributed by atoms with Crippen molar-refractivity contribution in [3.63, 3.8) is 0 Å². The first-order valence-electron chi connectivity index (χ1n) is 7.20. The summed E-state index contributed by atoms with van der Waals surface area (Å²) in [7, 11) is 0. The summed E-state index contributed by atoms with van der Waals surface area (Å²) < 4.78 is 0. The van der Waals surface area contributed by atoms with Crippen LogP contribution in [0, 0.1) is 0 Å². The van der Waals surface area contributed by atoms with Gasteiger partial charge in [0, 0.05) is 12.5 Å². The SMILES string of the molecule is CCCCCCCCC(=O)NC(C)CCCN. The quantitative estimate of drug-likeness (QED) is 0.547. The summed E-state index contributed by atoms with van der Waals surface area (Å²) >= 11 is 0. The lowest BCUT2D eigenvalue weighted by molar-refractivity contribution is -0.121. The summed E-state index contributed by atoms with van der Waals surface area (Å²) in [6.07, 6.45) is 10.0. The largest absolute Gasteiger partial charge is 0.354 e. The van der Waals surface area contributed by atoms with Gasteiger partial charge in [-0.2, -0.15) is 0 Å². The fraction of sp³-hybridized carbons (Fsp3) is 0.929. The summed E-state index contributed by atoms with van der Waals surface area (Å²) in [5, 5.41) is 3.02. The highest BCUT2D eigenvalue weighted by molar-refractivity contribution is 5.76. The fourth-order valence-electron chi connectivity index (χ4n) is 1.91. The maximum Gasteiger partial charge on any atom is 0.220 e. The van der Waals surface area contributed by atoms with E-state index in [1.807, 2.05) is 0 Å². The minimum absolute atomic E-state index is 0.199. The Morgan fingerprint density at radius 2 is 1.76 bits per heavy atom. The lowest BCUT2D eigenvalue weighted by Gasteiger charge is -2.13. The topological polar surface area (TPSA) is 55.1 Å². The van der Waals surface area contributed by atoms with Crippen molar-refractivity contribution in [3.05, 3.63) is 0 Å². The first-order valence-corrected chi connectivity index (χ1v) is 7.20. The summed E-state index contributed by atoms with van der Waals surface area (Å²) in [6.45, 7) is 4.97. The number of nitrogens with two attached hydrogens (primary N) is 1. The Labute approximate surface area is 107 Å². The first kappa shape index (κ1) is 16.4. The van der Waals surface area contributed by atoms with Crippen LogP contribution in [0.3, 0.4) is 0 Å². The molecule has 1 amide bonds. The minimum atomic E-state index is 0.199. The molecule has 0 aromatic carbocycles. The molecule has 0 heterocycles. The zero-order chi connectivity index (χ0) is 12.9. The van der Waals surface area contributed by atoms with E-state index in [2.05, 4.69) is 19.2 Å². The van der Waals surface area contributed by atoms with E-state index in [1.54, 1.807) is 0 Å². The third-order valence-electron chi connectivity index (χ3n) is 3.01. The van der Waals surface area contributed by atoms with Crippen molar-refractivity contribution in [2.24, 2.45) is 5.73 Å². The van der Waals surface area contributed by atoms with Crippen LogP contribution >= 0.6 is 0 Å². The van der Waals surface area contributed by atoms with Gasteiger partial charge in [-0.25, -0.2) is 0 Å². The molecular formula is C14H30N2O. The highest BCUT2D eigenvalue weighted by Gasteiger charge is 2.06. The highest BCUT2D eigenvalue weighted by atomic mass is 16.1. The van der Waals surface area contributed by atoms with Crippen LogP contribution in [-0.4, -0.2) is 18.5 Å². The van der Waals surface area contributed by atoms with E-state index in [1.165, 1.54) is 32.1 Å². The number of nitrogens with one attached hydrogen (secondary N) is 1. The molecule has 102 valence electrons. The number of carbonyl (C=O) groups is 1. The number of carbonyl (C=O) groups excluding carboxylic acids is 1. The summed E-state index contributed by atoms with van der Waals surface area (Å²) in [5.41, 5.74) is 5.43. The molecule has 3 N–H and O–H groups in total. The molecule has 0 aliphatic carbocycles. The van der Waals surface area contributed by atoms with Gasteiger partial charge in [0.25, 0.3) is 0 Å². The van der Waals surface area contributed by atoms with Crippen LogP contribution in [0.2, 0.25) is 0 Å². The van der Waals surface area contributed by atoms with Gasteiger partial charge in [0.05, 0.1) is 0 Å². The van der Waals surface area contributed by atoms with E-state index in [4.69, 9.17) is 5.73 Å². The van der Waals surface area contributed by atoms with E-state index < -0.39 is 0 Å². The minimum Gasteiger partial charge on any atom is -0.354 e. The van der Waals surface area contributed by atoms with Gasteiger partial charge in [0.15, 0.2) is 0 Å². The Hall–Kier alpha value is -0.570. The maximum absolute atomic E-state index is 11.6. The number of unbranched alkanes of at least 4 members (excludes halogenated alkanes) is 5.